The Morgan fingerprint density at radius 3 is 2.34 bits per heavy atom. The van der Waals surface area contributed by atoms with Crippen molar-refractivity contribution >= 4 is 35.3 Å². The highest BCUT2D eigenvalue weighted by atomic mass is 16.6. The zero-order chi connectivity index (χ0) is 24.9. The third-order valence-electron chi connectivity index (χ3n) is 5.42. The van der Waals surface area contributed by atoms with Crippen LogP contribution in [0.4, 0.5) is 16.2 Å². The molecule has 1 fully saturated rings. The number of non-ortho nitro benzene ring substituents is 1. The highest BCUT2D eigenvalue weighted by Gasteiger charge is 2.36. The van der Waals surface area contributed by atoms with Crippen LogP contribution < -0.4 is 15.0 Å². The molecule has 0 bridgehead atoms. The lowest BCUT2D eigenvalue weighted by Gasteiger charge is -2.26. The molecule has 1 aliphatic rings. The van der Waals surface area contributed by atoms with Crippen LogP contribution in [0.5, 0.6) is 5.75 Å². The number of aryl methyl sites for hydroxylation is 1. The number of carbonyl (C=O) groups is 3. The summed E-state index contributed by atoms with van der Waals surface area (Å²) in [5, 5.41) is 13.1. The minimum absolute atomic E-state index is 0.0164. The van der Waals surface area contributed by atoms with Crippen LogP contribution in [0.2, 0.25) is 0 Å². The predicted octanol–water partition coefficient (Wildman–Crippen LogP) is 4.40. The standard InChI is InChI=1S/C26H21N3O6/c1-2-17-6-10-20(11-7-17)28-25(31)23(24(30)27-26(28)32)15-18-8-12-22(13-9-18)35-16-19-4-3-5-21(14-19)29(33)34/h3-15H,2,16H2,1H3,(H,27,30,32). The number of carbonyl (C=O) groups excluding carboxylic acids is 3. The van der Waals surface area contributed by atoms with E-state index in [1.54, 1.807) is 48.5 Å². The van der Waals surface area contributed by atoms with E-state index in [0.29, 0.717) is 22.6 Å². The van der Waals surface area contributed by atoms with Crippen LogP contribution in [0, 0.1) is 10.1 Å². The summed E-state index contributed by atoms with van der Waals surface area (Å²) < 4.78 is 5.68. The Morgan fingerprint density at radius 2 is 1.69 bits per heavy atom. The number of hydrogen-bond acceptors (Lipinski definition) is 6. The molecule has 4 rings (SSSR count). The molecule has 0 spiro atoms. The summed E-state index contributed by atoms with van der Waals surface area (Å²) in [7, 11) is 0. The molecule has 0 atom stereocenters. The largest absolute Gasteiger partial charge is 0.489 e. The third-order valence-corrected chi connectivity index (χ3v) is 5.42. The first-order valence-electron chi connectivity index (χ1n) is 10.8. The van der Waals surface area contributed by atoms with Crippen LogP contribution in [-0.4, -0.2) is 22.8 Å². The lowest BCUT2D eigenvalue weighted by Crippen LogP contribution is -2.54. The summed E-state index contributed by atoms with van der Waals surface area (Å²) in [5.41, 5.74) is 2.44. The van der Waals surface area contributed by atoms with E-state index in [4.69, 9.17) is 4.74 Å². The van der Waals surface area contributed by atoms with Crippen molar-refractivity contribution in [2.45, 2.75) is 20.0 Å². The highest BCUT2D eigenvalue weighted by molar-refractivity contribution is 6.39. The number of nitrogens with one attached hydrogen (secondary N) is 1. The summed E-state index contributed by atoms with van der Waals surface area (Å²) in [5.74, 6) is -0.979. The van der Waals surface area contributed by atoms with Gasteiger partial charge in [0.25, 0.3) is 17.5 Å². The van der Waals surface area contributed by atoms with Crippen molar-refractivity contribution in [3.63, 3.8) is 0 Å². The maximum absolute atomic E-state index is 13.0. The van der Waals surface area contributed by atoms with Crippen LogP contribution in [0.3, 0.4) is 0 Å². The molecule has 9 nitrogen and oxygen atoms in total. The van der Waals surface area contributed by atoms with Crippen molar-refractivity contribution in [1.82, 2.24) is 5.32 Å². The Hall–Kier alpha value is -4.79. The first-order chi connectivity index (χ1) is 16.9. The maximum atomic E-state index is 13.0. The minimum atomic E-state index is -0.800. The first kappa shape index (κ1) is 23.4. The quantitative estimate of drug-likeness (QED) is 0.236. The van der Waals surface area contributed by atoms with Crippen molar-refractivity contribution in [3.8, 4) is 5.75 Å². The zero-order valence-electron chi connectivity index (χ0n) is 18.8. The smallest absolute Gasteiger partial charge is 0.335 e. The molecule has 0 saturated carbocycles. The molecule has 9 heteroatoms. The van der Waals surface area contributed by atoms with Crippen molar-refractivity contribution < 1.29 is 24.0 Å². The SMILES string of the molecule is CCc1ccc(N2C(=O)NC(=O)C(=Cc3ccc(OCc4cccc([N+](=O)[O-])c4)cc3)C2=O)cc1. The van der Waals surface area contributed by atoms with Crippen molar-refractivity contribution in [2.24, 2.45) is 0 Å². The average Bonchev–Trinajstić information content (AvgIpc) is 2.86. The van der Waals surface area contributed by atoms with Crippen LogP contribution in [0.15, 0.2) is 78.4 Å². The van der Waals surface area contributed by atoms with E-state index in [1.807, 2.05) is 19.1 Å². The lowest BCUT2D eigenvalue weighted by atomic mass is 10.1. The van der Waals surface area contributed by atoms with E-state index >= 15 is 0 Å². The van der Waals surface area contributed by atoms with E-state index in [1.165, 1.54) is 18.2 Å². The fourth-order valence-electron chi connectivity index (χ4n) is 3.53. The highest BCUT2D eigenvalue weighted by Crippen LogP contribution is 2.23. The molecule has 3 aromatic carbocycles. The lowest BCUT2D eigenvalue weighted by molar-refractivity contribution is -0.384. The van der Waals surface area contributed by atoms with Gasteiger partial charge in [0, 0.05) is 12.1 Å². The van der Waals surface area contributed by atoms with Crippen molar-refractivity contribution in [1.29, 1.82) is 0 Å². The van der Waals surface area contributed by atoms with Gasteiger partial charge in [-0.15, -0.1) is 0 Å². The number of hydrogen-bond donors (Lipinski definition) is 1. The van der Waals surface area contributed by atoms with Gasteiger partial charge in [0.05, 0.1) is 10.6 Å². The molecule has 176 valence electrons. The van der Waals surface area contributed by atoms with Gasteiger partial charge in [0.2, 0.25) is 0 Å². The minimum Gasteiger partial charge on any atom is -0.489 e. The molecule has 1 aliphatic heterocycles. The molecular formula is C26H21N3O6. The number of ether oxygens (including phenoxy) is 1. The number of urea groups is 1. The molecule has 0 unspecified atom stereocenters. The van der Waals surface area contributed by atoms with E-state index < -0.39 is 22.8 Å². The number of nitro groups is 1. The summed E-state index contributed by atoms with van der Waals surface area (Å²) in [6, 6.07) is 19.0. The van der Waals surface area contributed by atoms with Gasteiger partial charge >= 0.3 is 6.03 Å². The second kappa shape index (κ2) is 10.0. The van der Waals surface area contributed by atoms with Gasteiger partial charge in [0.15, 0.2) is 0 Å². The van der Waals surface area contributed by atoms with Crippen molar-refractivity contribution in [2.75, 3.05) is 4.90 Å². The molecule has 1 N–H and O–H groups in total. The Kier molecular flexibility index (Phi) is 6.68. The fourth-order valence-corrected chi connectivity index (χ4v) is 3.53. The number of benzene rings is 3. The molecule has 35 heavy (non-hydrogen) atoms. The van der Waals surface area contributed by atoms with Gasteiger partial charge in [-0.2, -0.15) is 0 Å². The first-order valence-corrected chi connectivity index (χ1v) is 10.8. The van der Waals surface area contributed by atoms with Crippen LogP contribution in [0.25, 0.3) is 6.08 Å². The maximum Gasteiger partial charge on any atom is 0.335 e. The normalized spacial score (nSPS) is 14.7. The number of rotatable bonds is 7. The van der Waals surface area contributed by atoms with E-state index in [9.17, 15) is 24.5 Å². The second-order valence-electron chi connectivity index (χ2n) is 7.76. The zero-order valence-corrected chi connectivity index (χ0v) is 18.8. The van der Waals surface area contributed by atoms with Gasteiger partial charge in [-0.05, 0) is 53.5 Å². The molecule has 0 aliphatic carbocycles. The Bertz CT molecular complexity index is 1330. The van der Waals surface area contributed by atoms with Gasteiger partial charge < -0.3 is 4.74 Å². The van der Waals surface area contributed by atoms with Crippen LogP contribution >= 0.6 is 0 Å². The molecule has 3 aromatic rings. The third kappa shape index (κ3) is 5.25. The summed E-state index contributed by atoms with van der Waals surface area (Å²) in [6.45, 7) is 2.13. The van der Waals surface area contributed by atoms with E-state index in [2.05, 4.69) is 5.32 Å². The molecule has 0 radical (unpaired) electrons. The predicted molar refractivity (Wildman–Crippen MR) is 129 cm³/mol. The second-order valence-corrected chi connectivity index (χ2v) is 7.76. The van der Waals surface area contributed by atoms with Gasteiger partial charge in [-0.1, -0.05) is 43.3 Å². The Balaban J connectivity index is 1.49. The number of nitro benzene ring substituents is 1. The van der Waals surface area contributed by atoms with Crippen LogP contribution in [-0.2, 0) is 22.6 Å². The molecule has 4 amide bonds. The molecular weight excluding hydrogens is 450 g/mol. The number of nitrogens with zero attached hydrogens (tertiary/aromatic N) is 2. The summed E-state index contributed by atoms with van der Waals surface area (Å²) >= 11 is 0. The number of amides is 4. The monoisotopic (exact) mass is 471 g/mol. The summed E-state index contributed by atoms with van der Waals surface area (Å²) in [6.07, 6.45) is 2.22. The van der Waals surface area contributed by atoms with Gasteiger partial charge in [0.1, 0.15) is 17.9 Å². The van der Waals surface area contributed by atoms with Crippen LogP contribution in [0.1, 0.15) is 23.6 Å². The molecule has 1 saturated heterocycles. The van der Waals surface area contributed by atoms with Gasteiger partial charge in [-0.3, -0.25) is 25.0 Å². The molecule has 1 heterocycles. The van der Waals surface area contributed by atoms with E-state index in [-0.39, 0.29) is 17.9 Å². The fraction of sp³-hybridized carbons (Fsp3) is 0.115. The average molecular weight is 471 g/mol. The Morgan fingerprint density at radius 1 is 0.971 bits per heavy atom. The number of barbiturate groups is 1. The van der Waals surface area contributed by atoms with Crippen molar-refractivity contribution in [3.05, 3.63) is 105 Å². The number of imide groups is 2. The summed E-state index contributed by atoms with van der Waals surface area (Å²) in [4.78, 5) is 49.1. The number of anilines is 1. The Labute approximate surface area is 200 Å². The molecule has 0 aromatic heterocycles. The van der Waals surface area contributed by atoms with Gasteiger partial charge in [-0.25, -0.2) is 9.69 Å². The van der Waals surface area contributed by atoms with E-state index in [0.717, 1.165) is 16.9 Å². The topological polar surface area (TPSA) is 119 Å².